The SMILES string of the molecule is CCOCC(C)(CN)N1CCCC(C)C1. The van der Waals surface area contributed by atoms with Crippen molar-refractivity contribution >= 4 is 0 Å². The molecular formula is C12H26N2O. The van der Waals surface area contributed by atoms with E-state index in [2.05, 4.69) is 18.7 Å². The minimum absolute atomic E-state index is 0.0324. The molecule has 1 saturated heterocycles. The van der Waals surface area contributed by atoms with Gasteiger partial charge in [-0.15, -0.1) is 0 Å². The highest BCUT2D eigenvalue weighted by Gasteiger charge is 2.33. The van der Waals surface area contributed by atoms with Gasteiger partial charge in [-0.05, 0) is 39.2 Å². The minimum atomic E-state index is 0.0324. The van der Waals surface area contributed by atoms with Gasteiger partial charge < -0.3 is 10.5 Å². The van der Waals surface area contributed by atoms with E-state index in [0.717, 1.165) is 19.1 Å². The van der Waals surface area contributed by atoms with Gasteiger partial charge in [0.25, 0.3) is 0 Å². The van der Waals surface area contributed by atoms with Crippen molar-refractivity contribution in [2.24, 2.45) is 11.7 Å². The third-order valence-corrected chi connectivity index (χ3v) is 3.48. The quantitative estimate of drug-likeness (QED) is 0.753. The summed E-state index contributed by atoms with van der Waals surface area (Å²) in [4.78, 5) is 2.51. The zero-order valence-electron chi connectivity index (χ0n) is 10.5. The predicted molar refractivity (Wildman–Crippen MR) is 63.9 cm³/mol. The molecule has 0 aromatic carbocycles. The van der Waals surface area contributed by atoms with Gasteiger partial charge in [-0.25, -0.2) is 0 Å². The average Bonchev–Trinajstić information content (AvgIpc) is 2.26. The molecule has 0 spiro atoms. The van der Waals surface area contributed by atoms with Crippen LogP contribution < -0.4 is 5.73 Å². The smallest absolute Gasteiger partial charge is 0.0659 e. The first kappa shape index (κ1) is 12.9. The van der Waals surface area contributed by atoms with Gasteiger partial charge in [-0.1, -0.05) is 6.92 Å². The molecule has 15 heavy (non-hydrogen) atoms. The number of nitrogens with two attached hydrogens (primary N) is 1. The lowest BCUT2D eigenvalue weighted by molar-refractivity contribution is -0.00902. The zero-order valence-corrected chi connectivity index (χ0v) is 10.5. The molecule has 3 heteroatoms. The number of likely N-dealkylation sites (tertiary alicyclic amines) is 1. The Morgan fingerprint density at radius 3 is 2.80 bits per heavy atom. The highest BCUT2D eigenvalue weighted by atomic mass is 16.5. The monoisotopic (exact) mass is 214 g/mol. The summed E-state index contributed by atoms with van der Waals surface area (Å²) in [7, 11) is 0. The number of nitrogens with zero attached hydrogens (tertiary/aromatic N) is 1. The van der Waals surface area contributed by atoms with Crippen LogP contribution in [0.25, 0.3) is 0 Å². The maximum atomic E-state index is 5.90. The summed E-state index contributed by atoms with van der Waals surface area (Å²) in [5.74, 6) is 0.797. The van der Waals surface area contributed by atoms with Gasteiger partial charge in [0, 0.05) is 19.7 Å². The van der Waals surface area contributed by atoms with Gasteiger partial charge in [-0.3, -0.25) is 4.90 Å². The van der Waals surface area contributed by atoms with Crippen LogP contribution in [0.1, 0.15) is 33.6 Å². The number of rotatable bonds is 5. The number of piperidine rings is 1. The fourth-order valence-corrected chi connectivity index (χ4v) is 2.28. The van der Waals surface area contributed by atoms with Crippen LogP contribution in [-0.4, -0.2) is 43.3 Å². The molecule has 2 N–H and O–H groups in total. The maximum absolute atomic E-state index is 5.90. The van der Waals surface area contributed by atoms with Crippen molar-refractivity contribution in [1.29, 1.82) is 0 Å². The van der Waals surface area contributed by atoms with Crippen LogP contribution >= 0.6 is 0 Å². The van der Waals surface area contributed by atoms with Crippen LogP contribution in [-0.2, 0) is 4.74 Å². The standard InChI is InChI=1S/C12H26N2O/c1-4-15-10-12(3,9-13)14-7-5-6-11(2)8-14/h11H,4-10,13H2,1-3H3. The van der Waals surface area contributed by atoms with Crippen LogP contribution in [0.3, 0.4) is 0 Å². The van der Waals surface area contributed by atoms with Crippen LogP contribution in [0.4, 0.5) is 0 Å². The Morgan fingerprint density at radius 1 is 1.53 bits per heavy atom. The van der Waals surface area contributed by atoms with Gasteiger partial charge in [0.05, 0.1) is 12.1 Å². The van der Waals surface area contributed by atoms with Crippen molar-refractivity contribution in [3.8, 4) is 0 Å². The minimum Gasteiger partial charge on any atom is -0.380 e. The molecule has 3 nitrogen and oxygen atoms in total. The average molecular weight is 214 g/mol. The van der Waals surface area contributed by atoms with E-state index < -0.39 is 0 Å². The van der Waals surface area contributed by atoms with Gasteiger partial charge in [0.15, 0.2) is 0 Å². The lowest BCUT2D eigenvalue weighted by Crippen LogP contribution is -2.57. The second-order valence-corrected chi connectivity index (χ2v) is 5.03. The Kier molecular flexibility index (Phi) is 5.03. The lowest BCUT2D eigenvalue weighted by atomic mass is 9.93. The third kappa shape index (κ3) is 3.44. The van der Waals surface area contributed by atoms with E-state index >= 15 is 0 Å². The third-order valence-electron chi connectivity index (χ3n) is 3.48. The summed E-state index contributed by atoms with van der Waals surface area (Å²) < 4.78 is 5.56. The number of ether oxygens (including phenoxy) is 1. The van der Waals surface area contributed by atoms with Gasteiger partial charge >= 0.3 is 0 Å². The molecule has 0 saturated carbocycles. The van der Waals surface area contributed by atoms with Gasteiger partial charge in [0.2, 0.25) is 0 Å². The summed E-state index contributed by atoms with van der Waals surface area (Å²) in [6, 6.07) is 0. The van der Waals surface area contributed by atoms with E-state index in [9.17, 15) is 0 Å². The number of hydrogen-bond acceptors (Lipinski definition) is 3. The first-order valence-electron chi connectivity index (χ1n) is 6.15. The Labute approximate surface area is 94.0 Å². The molecule has 1 aliphatic heterocycles. The molecule has 0 aromatic rings. The molecule has 0 amide bonds. The summed E-state index contributed by atoms with van der Waals surface area (Å²) in [5.41, 5.74) is 5.93. The molecular weight excluding hydrogens is 188 g/mol. The van der Waals surface area contributed by atoms with Crippen molar-refractivity contribution in [2.75, 3.05) is 32.8 Å². The summed E-state index contributed by atoms with van der Waals surface area (Å²) in [6.07, 6.45) is 2.65. The molecule has 1 fully saturated rings. The lowest BCUT2D eigenvalue weighted by Gasteiger charge is -2.44. The molecule has 1 aliphatic rings. The van der Waals surface area contributed by atoms with Crippen LogP contribution in [0.2, 0.25) is 0 Å². The van der Waals surface area contributed by atoms with Crippen molar-refractivity contribution in [2.45, 2.75) is 39.2 Å². The summed E-state index contributed by atoms with van der Waals surface area (Å²) in [5, 5.41) is 0. The van der Waals surface area contributed by atoms with E-state index in [1.165, 1.54) is 25.9 Å². The molecule has 1 heterocycles. The molecule has 2 unspecified atom stereocenters. The maximum Gasteiger partial charge on any atom is 0.0659 e. The Hall–Kier alpha value is -0.120. The first-order chi connectivity index (χ1) is 7.12. The van der Waals surface area contributed by atoms with E-state index in [1.807, 2.05) is 6.92 Å². The van der Waals surface area contributed by atoms with Crippen LogP contribution in [0.5, 0.6) is 0 Å². The summed E-state index contributed by atoms with van der Waals surface area (Å²) in [6.45, 7) is 11.1. The molecule has 0 bridgehead atoms. The second kappa shape index (κ2) is 5.83. The van der Waals surface area contributed by atoms with Crippen molar-refractivity contribution in [1.82, 2.24) is 4.90 Å². The molecule has 90 valence electrons. The van der Waals surface area contributed by atoms with Gasteiger partial charge in [0.1, 0.15) is 0 Å². The molecule has 0 radical (unpaired) electrons. The zero-order chi connectivity index (χ0) is 11.3. The molecule has 0 aliphatic carbocycles. The fourth-order valence-electron chi connectivity index (χ4n) is 2.28. The second-order valence-electron chi connectivity index (χ2n) is 5.03. The molecule has 0 aromatic heterocycles. The predicted octanol–water partition coefficient (Wildman–Crippen LogP) is 1.47. The van der Waals surface area contributed by atoms with Crippen molar-refractivity contribution in [3.05, 3.63) is 0 Å². The van der Waals surface area contributed by atoms with E-state index in [-0.39, 0.29) is 5.54 Å². The summed E-state index contributed by atoms with van der Waals surface area (Å²) >= 11 is 0. The largest absolute Gasteiger partial charge is 0.380 e. The highest BCUT2D eigenvalue weighted by molar-refractivity contribution is 4.90. The highest BCUT2D eigenvalue weighted by Crippen LogP contribution is 2.23. The van der Waals surface area contributed by atoms with E-state index in [1.54, 1.807) is 0 Å². The van der Waals surface area contributed by atoms with E-state index in [0.29, 0.717) is 6.54 Å². The molecule has 2 atom stereocenters. The van der Waals surface area contributed by atoms with Crippen LogP contribution in [0.15, 0.2) is 0 Å². The van der Waals surface area contributed by atoms with Crippen LogP contribution in [0, 0.1) is 5.92 Å². The Morgan fingerprint density at radius 2 is 2.27 bits per heavy atom. The normalized spacial score (nSPS) is 27.6. The van der Waals surface area contributed by atoms with Crippen molar-refractivity contribution in [3.63, 3.8) is 0 Å². The van der Waals surface area contributed by atoms with Crippen molar-refractivity contribution < 1.29 is 4.74 Å². The number of hydrogen-bond donors (Lipinski definition) is 1. The fraction of sp³-hybridized carbons (Fsp3) is 1.00. The van der Waals surface area contributed by atoms with Gasteiger partial charge in [-0.2, -0.15) is 0 Å². The topological polar surface area (TPSA) is 38.5 Å². The van der Waals surface area contributed by atoms with E-state index in [4.69, 9.17) is 10.5 Å². The molecule has 1 rings (SSSR count). The Bertz CT molecular complexity index is 186. The first-order valence-corrected chi connectivity index (χ1v) is 6.15. The Balaban J connectivity index is 2.54.